The van der Waals surface area contributed by atoms with Gasteiger partial charge in [-0.25, -0.2) is 17.6 Å². The van der Waals surface area contributed by atoms with E-state index in [4.69, 9.17) is 0 Å². The Morgan fingerprint density at radius 3 is 1.65 bits per heavy atom. The highest BCUT2D eigenvalue weighted by molar-refractivity contribution is 5.66. The molecule has 7 heteroatoms. The van der Waals surface area contributed by atoms with Crippen LogP contribution >= 0.6 is 0 Å². The van der Waals surface area contributed by atoms with Crippen molar-refractivity contribution in [3.8, 4) is 11.1 Å². The molecule has 0 bridgehead atoms. The number of aryl methyl sites for hydroxylation is 1. The highest BCUT2D eigenvalue weighted by Gasteiger charge is 2.38. The molecule has 2 rings (SSSR count). The molecule has 124 valence electrons. The molecule has 0 aromatic heterocycles. The van der Waals surface area contributed by atoms with Crippen LogP contribution in [0.1, 0.15) is 24.5 Å². The van der Waals surface area contributed by atoms with Gasteiger partial charge in [0.25, 0.3) is 0 Å². The summed E-state index contributed by atoms with van der Waals surface area (Å²) >= 11 is 0. The van der Waals surface area contributed by atoms with Crippen molar-refractivity contribution in [2.75, 3.05) is 0 Å². The molecule has 2 aromatic carbocycles. The summed E-state index contributed by atoms with van der Waals surface area (Å²) in [6.45, 7) is 1.80. The molecule has 0 radical (unpaired) electrons. The molecule has 0 heterocycles. The minimum Gasteiger partial charge on any atom is -0.206 e. The predicted octanol–water partition coefficient (Wildman–Crippen LogP) is 5.88. The molecule has 0 saturated heterocycles. The van der Waals surface area contributed by atoms with E-state index in [9.17, 15) is 30.7 Å². The third kappa shape index (κ3) is 3.48. The molecule has 0 unspecified atom stereocenters. The van der Waals surface area contributed by atoms with Gasteiger partial charge in [-0.05, 0) is 41.8 Å². The first-order chi connectivity index (χ1) is 10.6. The second-order valence-corrected chi connectivity index (χ2v) is 5.00. The fourth-order valence-corrected chi connectivity index (χ4v) is 2.32. The lowest BCUT2D eigenvalue weighted by atomic mass is 9.99. The van der Waals surface area contributed by atoms with Gasteiger partial charge in [-0.1, -0.05) is 13.3 Å². The van der Waals surface area contributed by atoms with Crippen LogP contribution in [0.3, 0.4) is 0 Å². The summed E-state index contributed by atoms with van der Waals surface area (Å²) in [6.07, 6.45) is -4.22. The summed E-state index contributed by atoms with van der Waals surface area (Å²) in [5.41, 5.74) is -3.15. The van der Waals surface area contributed by atoms with Crippen LogP contribution in [0.4, 0.5) is 30.7 Å². The second kappa shape index (κ2) is 6.22. The highest BCUT2D eigenvalue weighted by atomic mass is 19.4. The van der Waals surface area contributed by atoms with Crippen molar-refractivity contribution < 1.29 is 30.7 Å². The van der Waals surface area contributed by atoms with Crippen LogP contribution in [0.2, 0.25) is 0 Å². The summed E-state index contributed by atoms with van der Waals surface area (Å²) in [4.78, 5) is 0. The molecule has 0 fully saturated rings. The quantitative estimate of drug-likeness (QED) is 0.614. The van der Waals surface area contributed by atoms with Crippen molar-refractivity contribution in [3.63, 3.8) is 0 Å². The molecule has 0 aliphatic heterocycles. The normalized spacial score (nSPS) is 11.8. The van der Waals surface area contributed by atoms with Gasteiger partial charge in [0.1, 0.15) is 28.8 Å². The van der Waals surface area contributed by atoms with E-state index in [1.165, 1.54) is 0 Å². The van der Waals surface area contributed by atoms with Crippen molar-refractivity contribution in [1.82, 2.24) is 0 Å². The summed E-state index contributed by atoms with van der Waals surface area (Å²) in [5, 5.41) is 0. The number of halogens is 7. The fraction of sp³-hybridized carbons (Fsp3) is 0.250. The Hall–Kier alpha value is -2.05. The maximum absolute atomic E-state index is 14.0. The van der Waals surface area contributed by atoms with Crippen LogP contribution in [0.5, 0.6) is 0 Å². The van der Waals surface area contributed by atoms with Crippen LogP contribution in [0.15, 0.2) is 24.3 Å². The first-order valence-electron chi connectivity index (χ1n) is 6.69. The average Bonchev–Trinajstić information content (AvgIpc) is 2.35. The van der Waals surface area contributed by atoms with E-state index >= 15 is 0 Å². The van der Waals surface area contributed by atoms with E-state index in [0.717, 1.165) is 12.1 Å². The zero-order valence-electron chi connectivity index (χ0n) is 11.9. The maximum atomic E-state index is 14.0. The maximum Gasteiger partial charge on any atom is 0.422 e. The van der Waals surface area contributed by atoms with Crippen LogP contribution in [-0.4, -0.2) is 0 Å². The van der Waals surface area contributed by atoms with Gasteiger partial charge in [0, 0.05) is 0 Å². The topological polar surface area (TPSA) is 0 Å². The van der Waals surface area contributed by atoms with Crippen molar-refractivity contribution in [2.45, 2.75) is 25.9 Å². The van der Waals surface area contributed by atoms with Crippen molar-refractivity contribution in [1.29, 1.82) is 0 Å². The van der Waals surface area contributed by atoms with E-state index in [1.54, 1.807) is 6.92 Å². The van der Waals surface area contributed by atoms with Crippen LogP contribution in [-0.2, 0) is 12.6 Å². The lowest BCUT2D eigenvalue weighted by Gasteiger charge is -2.13. The Morgan fingerprint density at radius 2 is 1.26 bits per heavy atom. The van der Waals surface area contributed by atoms with Gasteiger partial charge >= 0.3 is 6.18 Å². The fourth-order valence-electron chi connectivity index (χ4n) is 2.32. The number of rotatable bonds is 3. The molecule has 0 spiro atoms. The summed E-state index contributed by atoms with van der Waals surface area (Å²) in [5.74, 6) is -6.04. The minimum atomic E-state index is -5.24. The Kier molecular flexibility index (Phi) is 4.68. The molecule has 2 aromatic rings. The zero-order valence-corrected chi connectivity index (χ0v) is 11.9. The largest absolute Gasteiger partial charge is 0.422 e. The van der Waals surface area contributed by atoms with Crippen LogP contribution < -0.4 is 0 Å². The predicted molar refractivity (Wildman–Crippen MR) is 70.7 cm³/mol. The number of alkyl halides is 3. The lowest BCUT2D eigenvalue weighted by molar-refractivity contribution is -0.142. The molecule has 0 amide bonds. The van der Waals surface area contributed by atoms with Crippen molar-refractivity contribution in [2.24, 2.45) is 0 Å². The molecule has 0 N–H and O–H groups in total. The molecular weight excluding hydrogens is 325 g/mol. The summed E-state index contributed by atoms with van der Waals surface area (Å²) in [7, 11) is 0. The molecule has 0 atom stereocenters. The van der Waals surface area contributed by atoms with Crippen molar-refractivity contribution >= 4 is 0 Å². The zero-order chi connectivity index (χ0) is 17.4. The molecule has 0 aliphatic carbocycles. The second-order valence-electron chi connectivity index (χ2n) is 5.00. The minimum absolute atomic E-state index is 0.271. The third-order valence-electron chi connectivity index (χ3n) is 3.25. The van der Waals surface area contributed by atoms with E-state index in [-0.39, 0.29) is 12.1 Å². The smallest absolute Gasteiger partial charge is 0.206 e. The van der Waals surface area contributed by atoms with Gasteiger partial charge in [-0.15, -0.1) is 0 Å². The number of hydrogen-bond donors (Lipinski definition) is 0. The first kappa shape index (κ1) is 17.3. The van der Waals surface area contributed by atoms with E-state index in [2.05, 4.69) is 0 Å². The third-order valence-corrected chi connectivity index (χ3v) is 3.25. The number of hydrogen-bond acceptors (Lipinski definition) is 0. The van der Waals surface area contributed by atoms with Crippen LogP contribution in [0.25, 0.3) is 11.1 Å². The highest BCUT2D eigenvalue weighted by Crippen LogP contribution is 2.37. The standard InChI is InChI=1S/C16H11F7/c1-2-3-8-4-10(17)14(11(18)5-8)9-6-12(19)15(13(20)7-9)16(21,22)23/h4-7H,2-3H2,1H3. The summed E-state index contributed by atoms with van der Waals surface area (Å²) < 4.78 is 92.7. The van der Waals surface area contributed by atoms with Gasteiger partial charge in [0.15, 0.2) is 0 Å². The Balaban J connectivity index is 2.60. The van der Waals surface area contributed by atoms with Gasteiger partial charge in [0.2, 0.25) is 0 Å². The van der Waals surface area contributed by atoms with Crippen molar-refractivity contribution in [3.05, 3.63) is 58.7 Å². The molecule has 0 aliphatic rings. The van der Waals surface area contributed by atoms with Crippen LogP contribution in [0, 0.1) is 23.3 Å². The van der Waals surface area contributed by atoms with Gasteiger partial charge in [0.05, 0.1) is 5.56 Å². The monoisotopic (exact) mass is 336 g/mol. The van der Waals surface area contributed by atoms with E-state index in [1.807, 2.05) is 0 Å². The molecular formula is C16H11F7. The van der Waals surface area contributed by atoms with E-state index in [0.29, 0.717) is 18.4 Å². The lowest BCUT2D eigenvalue weighted by Crippen LogP contribution is -2.11. The average molecular weight is 336 g/mol. The number of benzene rings is 2. The SMILES string of the molecule is CCCc1cc(F)c(-c2cc(F)c(C(F)(F)F)c(F)c2)c(F)c1. The molecule has 23 heavy (non-hydrogen) atoms. The van der Waals surface area contributed by atoms with Gasteiger partial charge in [-0.2, -0.15) is 13.2 Å². The molecule has 0 saturated carbocycles. The first-order valence-corrected chi connectivity index (χ1v) is 6.69. The van der Waals surface area contributed by atoms with Gasteiger partial charge < -0.3 is 0 Å². The van der Waals surface area contributed by atoms with Gasteiger partial charge in [-0.3, -0.25) is 0 Å². The van der Waals surface area contributed by atoms with E-state index < -0.39 is 46.1 Å². The Morgan fingerprint density at radius 1 is 0.783 bits per heavy atom. The Bertz CT molecular complexity index is 686. The molecule has 0 nitrogen and oxygen atoms in total. The Labute approximate surface area is 127 Å². The summed E-state index contributed by atoms with van der Waals surface area (Å²) in [6, 6.07) is 2.53.